The molecule has 8 atom stereocenters. The summed E-state index contributed by atoms with van der Waals surface area (Å²) in [4.78, 5) is 27.4. The summed E-state index contributed by atoms with van der Waals surface area (Å²) in [5.74, 6) is -0.0543. The second-order valence-corrected chi connectivity index (χ2v) is 15.1. The number of unbranched alkanes of at least 4 members (excludes halogenated alkanes) is 2. The minimum atomic E-state index is -0.434. The molecule has 6 heteroatoms. The molecular weight excluding hydrogens is 600 g/mol. The van der Waals surface area contributed by atoms with E-state index in [2.05, 4.69) is 32.0 Å². The Morgan fingerprint density at radius 2 is 1.67 bits per heavy atom. The first-order valence-electron chi connectivity index (χ1n) is 19.3. The van der Waals surface area contributed by atoms with Crippen molar-refractivity contribution in [3.63, 3.8) is 0 Å². The van der Waals surface area contributed by atoms with E-state index in [1.165, 1.54) is 36.0 Å². The van der Waals surface area contributed by atoms with Crippen molar-refractivity contribution in [1.82, 2.24) is 0 Å². The highest BCUT2D eigenvalue weighted by atomic mass is 16.7. The Balaban J connectivity index is 1.15. The normalized spacial score (nSPS) is 29.0. The number of rotatable bonds is 14. The first-order chi connectivity index (χ1) is 23.5. The number of hydrogen-bond acceptors (Lipinski definition) is 6. The number of fused-ring (bicyclic) bond motifs is 2. The molecular formula is C42H58O6. The molecule has 0 amide bonds. The molecule has 1 saturated heterocycles. The number of hydrogen-bond donors (Lipinski definition) is 0. The molecule has 3 aliphatic carbocycles. The number of carbonyl (C=O) groups excluding carboxylic acids is 2. The zero-order valence-corrected chi connectivity index (χ0v) is 29.4. The summed E-state index contributed by atoms with van der Waals surface area (Å²) in [5, 5.41) is 0. The summed E-state index contributed by atoms with van der Waals surface area (Å²) < 4.78 is 25.0. The summed E-state index contributed by atoms with van der Waals surface area (Å²) in [6.45, 7) is 5.51. The number of aryl methyl sites for hydroxylation is 1. The standard InChI is InChI=1S/C42H58O6/c1-3-4-6-18-33(47-40-21-11-12-24-45-40)22-23-34-38-25-31-17-13-14-29(2)37(31)26-32(38)27-39(34)48-42(44)36-20-10-9-19-35(36)41(43)46-28-30-15-7-5-8-16-30/h5,7-8,13-17,32-36,38-40H,3-4,6,9-12,18-28H2,1-2H3/t32-,33-,34+,35-,36+,38-,39+,40?/m0/s1. The van der Waals surface area contributed by atoms with Gasteiger partial charge in [-0.25, -0.2) is 0 Å². The Bertz CT molecular complexity index is 1320. The van der Waals surface area contributed by atoms with E-state index >= 15 is 0 Å². The van der Waals surface area contributed by atoms with Crippen LogP contribution < -0.4 is 0 Å². The average Bonchev–Trinajstić information content (AvgIpc) is 3.45. The Morgan fingerprint density at radius 1 is 0.875 bits per heavy atom. The van der Waals surface area contributed by atoms with Gasteiger partial charge in [-0.05, 0) is 118 Å². The lowest BCUT2D eigenvalue weighted by molar-refractivity contribution is -0.191. The molecule has 262 valence electrons. The van der Waals surface area contributed by atoms with Crippen molar-refractivity contribution < 1.29 is 28.5 Å². The minimum absolute atomic E-state index is 0.0928. The van der Waals surface area contributed by atoms with E-state index in [-0.39, 0.29) is 43.0 Å². The summed E-state index contributed by atoms with van der Waals surface area (Å²) in [7, 11) is 0. The van der Waals surface area contributed by atoms with Crippen molar-refractivity contribution in [3.05, 3.63) is 70.8 Å². The lowest BCUT2D eigenvalue weighted by Gasteiger charge is -2.34. The predicted octanol–water partition coefficient (Wildman–Crippen LogP) is 9.08. The van der Waals surface area contributed by atoms with Crippen LogP contribution in [0.15, 0.2) is 48.5 Å². The smallest absolute Gasteiger partial charge is 0.310 e. The second-order valence-electron chi connectivity index (χ2n) is 15.1. The van der Waals surface area contributed by atoms with Crippen LogP contribution in [-0.2, 0) is 48.0 Å². The Kier molecular flexibility index (Phi) is 12.7. The van der Waals surface area contributed by atoms with Crippen LogP contribution in [-0.4, -0.2) is 37.0 Å². The number of esters is 2. The van der Waals surface area contributed by atoms with E-state index in [4.69, 9.17) is 18.9 Å². The molecule has 0 spiro atoms. The fraction of sp³-hybridized carbons (Fsp3) is 0.667. The Labute approximate surface area is 288 Å². The van der Waals surface area contributed by atoms with Crippen molar-refractivity contribution in [2.75, 3.05) is 6.61 Å². The van der Waals surface area contributed by atoms with Gasteiger partial charge in [-0.15, -0.1) is 0 Å². The van der Waals surface area contributed by atoms with Gasteiger partial charge in [0.05, 0.1) is 17.9 Å². The zero-order chi connectivity index (χ0) is 33.3. The lowest BCUT2D eigenvalue weighted by atomic mass is 9.73. The van der Waals surface area contributed by atoms with E-state index in [1.54, 1.807) is 0 Å². The van der Waals surface area contributed by atoms with Gasteiger partial charge >= 0.3 is 11.9 Å². The van der Waals surface area contributed by atoms with Gasteiger partial charge in [-0.2, -0.15) is 0 Å². The summed E-state index contributed by atoms with van der Waals surface area (Å²) in [6.07, 6.45) is 16.0. The summed E-state index contributed by atoms with van der Waals surface area (Å²) in [6, 6.07) is 16.5. The third-order valence-corrected chi connectivity index (χ3v) is 11.9. The topological polar surface area (TPSA) is 71.1 Å². The van der Waals surface area contributed by atoms with E-state index < -0.39 is 11.8 Å². The molecule has 0 aromatic heterocycles. The van der Waals surface area contributed by atoms with Gasteiger partial charge in [0.25, 0.3) is 0 Å². The van der Waals surface area contributed by atoms with Crippen molar-refractivity contribution >= 4 is 11.9 Å². The number of carbonyl (C=O) groups is 2. The molecule has 1 aliphatic heterocycles. The molecule has 6 nitrogen and oxygen atoms in total. The van der Waals surface area contributed by atoms with Crippen LogP contribution in [0.5, 0.6) is 0 Å². The quantitative estimate of drug-likeness (QED) is 0.149. The predicted molar refractivity (Wildman–Crippen MR) is 187 cm³/mol. The highest BCUT2D eigenvalue weighted by molar-refractivity contribution is 5.82. The van der Waals surface area contributed by atoms with Crippen LogP contribution in [0.2, 0.25) is 0 Å². The third-order valence-electron chi connectivity index (χ3n) is 11.9. The van der Waals surface area contributed by atoms with Gasteiger partial charge in [-0.1, -0.05) is 87.6 Å². The van der Waals surface area contributed by atoms with Crippen LogP contribution in [0.1, 0.15) is 119 Å². The zero-order valence-electron chi connectivity index (χ0n) is 29.4. The monoisotopic (exact) mass is 658 g/mol. The molecule has 2 aromatic carbocycles. The maximum absolute atomic E-state index is 14.1. The molecule has 1 unspecified atom stereocenters. The van der Waals surface area contributed by atoms with Crippen molar-refractivity contribution in [3.8, 4) is 0 Å². The second kappa shape index (κ2) is 17.3. The highest BCUT2D eigenvalue weighted by Gasteiger charge is 2.48. The van der Waals surface area contributed by atoms with E-state index in [0.717, 1.165) is 82.8 Å². The van der Waals surface area contributed by atoms with E-state index in [0.29, 0.717) is 24.7 Å². The molecule has 2 saturated carbocycles. The van der Waals surface area contributed by atoms with Crippen LogP contribution in [0.3, 0.4) is 0 Å². The van der Waals surface area contributed by atoms with Gasteiger partial charge in [0.1, 0.15) is 12.7 Å². The first-order valence-corrected chi connectivity index (χ1v) is 19.3. The molecule has 1 heterocycles. The fourth-order valence-corrected chi connectivity index (χ4v) is 9.21. The molecule has 0 radical (unpaired) electrons. The van der Waals surface area contributed by atoms with E-state index in [9.17, 15) is 9.59 Å². The van der Waals surface area contributed by atoms with Gasteiger partial charge in [0.2, 0.25) is 0 Å². The highest BCUT2D eigenvalue weighted by Crippen LogP contribution is 2.49. The van der Waals surface area contributed by atoms with E-state index in [1.807, 2.05) is 30.3 Å². The largest absolute Gasteiger partial charge is 0.462 e. The minimum Gasteiger partial charge on any atom is -0.462 e. The third kappa shape index (κ3) is 8.90. The Morgan fingerprint density at radius 3 is 2.44 bits per heavy atom. The molecule has 6 rings (SSSR count). The summed E-state index contributed by atoms with van der Waals surface area (Å²) >= 11 is 0. The lowest BCUT2D eigenvalue weighted by Crippen LogP contribution is -2.38. The average molecular weight is 659 g/mol. The Hall–Kier alpha value is -2.70. The maximum Gasteiger partial charge on any atom is 0.310 e. The van der Waals surface area contributed by atoms with Crippen LogP contribution in [0, 0.1) is 36.5 Å². The first kappa shape index (κ1) is 35.1. The van der Waals surface area contributed by atoms with Crippen LogP contribution in [0.25, 0.3) is 0 Å². The van der Waals surface area contributed by atoms with Gasteiger partial charge < -0.3 is 18.9 Å². The number of ether oxygens (including phenoxy) is 4. The molecule has 2 aromatic rings. The van der Waals surface area contributed by atoms with Crippen LogP contribution in [0.4, 0.5) is 0 Å². The van der Waals surface area contributed by atoms with Gasteiger partial charge in [-0.3, -0.25) is 9.59 Å². The molecule has 4 aliphatic rings. The van der Waals surface area contributed by atoms with Crippen molar-refractivity contribution in [2.24, 2.45) is 29.6 Å². The van der Waals surface area contributed by atoms with Crippen molar-refractivity contribution in [1.29, 1.82) is 0 Å². The van der Waals surface area contributed by atoms with Crippen LogP contribution >= 0.6 is 0 Å². The molecule has 3 fully saturated rings. The van der Waals surface area contributed by atoms with Crippen molar-refractivity contribution in [2.45, 2.75) is 142 Å². The molecule has 0 bridgehead atoms. The fourth-order valence-electron chi connectivity index (χ4n) is 9.21. The molecule has 48 heavy (non-hydrogen) atoms. The van der Waals surface area contributed by atoms with Gasteiger partial charge in [0, 0.05) is 6.61 Å². The van der Waals surface area contributed by atoms with Gasteiger partial charge in [0.15, 0.2) is 6.29 Å². The molecule has 0 N–H and O–H groups in total. The number of benzene rings is 2. The SMILES string of the molecule is CCCCC[C@@H](CC[C@@H]1[C@H]2Cc3cccc(C)c3C[C@H]2C[C@H]1OC(=O)[C@@H]1CCCC[C@@H]1C(=O)OCc1ccccc1)OC1CCCCO1. The maximum atomic E-state index is 14.1. The summed E-state index contributed by atoms with van der Waals surface area (Å²) in [5.41, 5.74) is 5.29.